The molecule has 1 aromatic heterocycles. The smallest absolute Gasteiger partial charge is 0.333 e. The summed E-state index contributed by atoms with van der Waals surface area (Å²) in [6.07, 6.45) is 5.02. The maximum Gasteiger partial charge on any atom is 0.333 e. The van der Waals surface area contributed by atoms with Crippen molar-refractivity contribution in [3.8, 4) is 22.9 Å². The van der Waals surface area contributed by atoms with Crippen LogP contribution in [0.5, 0.6) is 11.5 Å². The quantitative estimate of drug-likeness (QED) is 0.383. The molecule has 2 rings (SSSR count). The van der Waals surface area contributed by atoms with Crippen molar-refractivity contribution in [2.75, 3.05) is 13.6 Å². The van der Waals surface area contributed by atoms with Gasteiger partial charge in [0, 0.05) is 17.7 Å². The molecule has 0 radical (unpaired) electrons. The molecular weight excluding hydrogens is 340 g/mol. The summed E-state index contributed by atoms with van der Waals surface area (Å²) in [5.41, 5.74) is 0.755. The molecule has 0 saturated heterocycles. The predicted molar refractivity (Wildman–Crippen MR) is 91.0 cm³/mol. The zero-order valence-corrected chi connectivity index (χ0v) is 13.8. The third kappa shape index (κ3) is 5.75. The van der Waals surface area contributed by atoms with Crippen LogP contribution in [-0.4, -0.2) is 35.5 Å². The van der Waals surface area contributed by atoms with Crippen LogP contribution >= 0.6 is 0 Å². The predicted octanol–water partition coefficient (Wildman–Crippen LogP) is 2.27. The highest BCUT2D eigenvalue weighted by atomic mass is 16.7. The molecule has 2 aromatic rings. The van der Waals surface area contributed by atoms with Crippen LogP contribution in [0.4, 0.5) is 0 Å². The molecule has 0 bridgehead atoms. The molecule has 134 valence electrons. The van der Waals surface area contributed by atoms with E-state index in [4.69, 9.17) is 18.9 Å². The van der Waals surface area contributed by atoms with E-state index < -0.39 is 11.9 Å². The number of benzene rings is 1. The van der Waals surface area contributed by atoms with E-state index in [0.717, 1.165) is 17.7 Å². The summed E-state index contributed by atoms with van der Waals surface area (Å²) in [5, 5.41) is 0. The molecule has 0 aliphatic carbocycles. The highest BCUT2D eigenvalue weighted by Gasteiger charge is 2.04. The molecule has 8 nitrogen and oxygen atoms in total. The molecule has 0 unspecified atom stereocenters. The molecule has 0 aliphatic rings. The number of nitrogens with zero attached hydrogens (tertiary/aromatic N) is 2. The molecule has 0 aliphatic heterocycles. The van der Waals surface area contributed by atoms with Crippen molar-refractivity contribution in [3.05, 3.63) is 62.0 Å². The highest BCUT2D eigenvalue weighted by molar-refractivity contribution is 5.81. The van der Waals surface area contributed by atoms with Crippen LogP contribution in [0.1, 0.15) is 0 Å². The number of hydrogen-bond donors (Lipinski definition) is 0. The summed E-state index contributed by atoms with van der Waals surface area (Å²) in [5.74, 6) is 0.218. The van der Waals surface area contributed by atoms with Crippen LogP contribution in [0.25, 0.3) is 11.4 Å². The molecule has 1 heterocycles. The Morgan fingerprint density at radius 1 is 0.846 bits per heavy atom. The number of carbonyl (C=O) groups is 2. The SMILES string of the molecule is C=CC(=O)OCOc1ccc(-c2ncc(OCOC(=O)C=C)cn2)cc1. The molecule has 26 heavy (non-hydrogen) atoms. The van der Waals surface area contributed by atoms with Crippen molar-refractivity contribution < 1.29 is 28.5 Å². The van der Waals surface area contributed by atoms with E-state index >= 15 is 0 Å². The van der Waals surface area contributed by atoms with E-state index in [1.807, 2.05) is 0 Å². The summed E-state index contributed by atoms with van der Waals surface area (Å²) in [4.78, 5) is 30.1. The minimum Gasteiger partial charge on any atom is -0.457 e. The lowest BCUT2D eigenvalue weighted by Gasteiger charge is -2.07. The maximum absolute atomic E-state index is 10.9. The maximum atomic E-state index is 10.9. The first-order valence-corrected chi connectivity index (χ1v) is 7.39. The van der Waals surface area contributed by atoms with Crippen molar-refractivity contribution in [1.29, 1.82) is 0 Å². The van der Waals surface area contributed by atoms with Gasteiger partial charge in [-0.1, -0.05) is 13.2 Å². The van der Waals surface area contributed by atoms with Crippen molar-refractivity contribution >= 4 is 11.9 Å². The summed E-state index contributed by atoms with van der Waals surface area (Å²) in [6.45, 7) is 6.10. The van der Waals surface area contributed by atoms with Gasteiger partial charge in [-0.25, -0.2) is 19.6 Å². The van der Waals surface area contributed by atoms with E-state index in [9.17, 15) is 9.59 Å². The summed E-state index contributed by atoms with van der Waals surface area (Å²) in [7, 11) is 0. The fourth-order valence-corrected chi connectivity index (χ4v) is 1.67. The topological polar surface area (TPSA) is 96.8 Å². The van der Waals surface area contributed by atoms with Crippen LogP contribution in [0.3, 0.4) is 0 Å². The second-order valence-corrected chi connectivity index (χ2v) is 4.63. The number of rotatable bonds is 9. The van der Waals surface area contributed by atoms with Crippen molar-refractivity contribution in [2.24, 2.45) is 0 Å². The lowest BCUT2D eigenvalue weighted by Crippen LogP contribution is -2.08. The lowest BCUT2D eigenvalue weighted by atomic mass is 10.2. The Kier molecular flexibility index (Phi) is 6.87. The second-order valence-electron chi connectivity index (χ2n) is 4.63. The number of esters is 2. The first-order valence-electron chi connectivity index (χ1n) is 7.39. The first kappa shape index (κ1) is 18.7. The number of hydrogen-bond acceptors (Lipinski definition) is 8. The van der Waals surface area contributed by atoms with Crippen LogP contribution < -0.4 is 9.47 Å². The molecule has 0 saturated carbocycles. The van der Waals surface area contributed by atoms with Gasteiger partial charge in [0.05, 0.1) is 12.4 Å². The average Bonchev–Trinajstić information content (AvgIpc) is 2.68. The first-order chi connectivity index (χ1) is 12.6. The molecule has 1 aromatic carbocycles. The largest absolute Gasteiger partial charge is 0.457 e. The third-order valence-electron chi connectivity index (χ3n) is 2.93. The van der Waals surface area contributed by atoms with Crippen molar-refractivity contribution in [3.63, 3.8) is 0 Å². The van der Waals surface area contributed by atoms with Crippen LogP contribution in [0.15, 0.2) is 62.0 Å². The van der Waals surface area contributed by atoms with Gasteiger partial charge in [0.15, 0.2) is 11.6 Å². The van der Waals surface area contributed by atoms with Crippen molar-refractivity contribution in [2.45, 2.75) is 0 Å². The average molecular weight is 356 g/mol. The number of aromatic nitrogens is 2. The Morgan fingerprint density at radius 3 is 1.85 bits per heavy atom. The van der Waals surface area contributed by atoms with E-state index in [1.165, 1.54) is 12.4 Å². The highest BCUT2D eigenvalue weighted by Crippen LogP contribution is 2.20. The minimum absolute atomic E-state index is 0.205. The van der Waals surface area contributed by atoms with E-state index in [2.05, 4.69) is 23.1 Å². The normalized spacial score (nSPS) is 9.69. The minimum atomic E-state index is -0.580. The van der Waals surface area contributed by atoms with Crippen LogP contribution in [-0.2, 0) is 19.1 Å². The van der Waals surface area contributed by atoms with Gasteiger partial charge in [-0.3, -0.25) is 0 Å². The van der Waals surface area contributed by atoms with Gasteiger partial charge < -0.3 is 18.9 Å². The van der Waals surface area contributed by atoms with Crippen LogP contribution in [0.2, 0.25) is 0 Å². The van der Waals surface area contributed by atoms with Crippen LogP contribution in [0, 0.1) is 0 Å². The fraction of sp³-hybridized carbons (Fsp3) is 0.111. The van der Waals surface area contributed by atoms with E-state index in [-0.39, 0.29) is 13.6 Å². The van der Waals surface area contributed by atoms with Gasteiger partial charge in [-0.05, 0) is 24.3 Å². The Hall–Kier alpha value is -3.68. The standard InChI is InChI=1S/C18H16N2O6/c1-3-16(21)25-11-23-14-7-5-13(6-8-14)18-19-9-15(10-20-18)24-12-26-17(22)4-2/h3-10H,1-2,11-12H2. The molecule has 0 fully saturated rings. The molecule has 0 N–H and O–H groups in total. The third-order valence-corrected chi connectivity index (χ3v) is 2.93. The van der Waals surface area contributed by atoms with Gasteiger partial charge >= 0.3 is 11.9 Å². The lowest BCUT2D eigenvalue weighted by molar-refractivity contribution is -0.145. The Bertz CT molecular complexity index is 704. The summed E-state index contributed by atoms with van der Waals surface area (Å²) < 4.78 is 19.9. The molecular formula is C18H16N2O6. The number of ether oxygens (including phenoxy) is 4. The summed E-state index contributed by atoms with van der Waals surface area (Å²) >= 11 is 0. The van der Waals surface area contributed by atoms with Gasteiger partial charge in [0.1, 0.15) is 5.75 Å². The van der Waals surface area contributed by atoms with Crippen molar-refractivity contribution in [1.82, 2.24) is 9.97 Å². The molecule has 8 heteroatoms. The fourth-order valence-electron chi connectivity index (χ4n) is 1.67. The zero-order chi connectivity index (χ0) is 18.8. The van der Waals surface area contributed by atoms with Gasteiger partial charge in [0.2, 0.25) is 13.6 Å². The Morgan fingerprint density at radius 2 is 1.35 bits per heavy atom. The second kappa shape index (κ2) is 9.58. The van der Waals surface area contributed by atoms with E-state index in [1.54, 1.807) is 24.3 Å². The summed E-state index contributed by atoms with van der Waals surface area (Å²) in [6, 6.07) is 6.90. The Labute approximate surface area is 149 Å². The Balaban J connectivity index is 1.88. The monoisotopic (exact) mass is 356 g/mol. The molecule has 0 amide bonds. The van der Waals surface area contributed by atoms with Gasteiger partial charge in [-0.15, -0.1) is 0 Å². The van der Waals surface area contributed by atoms with E-state index in [0.29, 0.717) is 17.3 Å². The zero-order valence-electron chi connectivity index (χ0n) is 13.8. The van der Waals surface area contributed by atoms with Gasteiger partial charge in [0.25, 0.3) is 0 Å². The molecule has 0 spiro atoms. The molecule has 0 atom stereocenters. The number of carbonyl (C=O) groups excluding carboxylic acids is 2. The van der Waals surface area contributed by atoms with Gasteiger partial charge in [-0.2, -0.15) is 0 Å².